The van der Waals surface area contributed by atoms with Gasteiger partial charge in [-0.3, -0.25) is 14.2 Å². The first-order valence-electron chi connectivity index (χ1n) is 10.3. The summed E-state index contributed by atoms with van der Waals surface area (Å²) in [6, 6.07) is 15.3. The number of pyridine rings is 2. The Labute approximate surface area is 201 Å². The number of anilines is 1. The number of ether oxygens (including phenoxy) is 1. The molecule has 0 saturated heterocycles. The van der Waals surface area contributed by atoms with Crippen molar-refractivity contribution in [2.24, 2.45) is 0 Å². The number of carbonyl (C=O) groups excluding carboxylic acids is 1. The molecular weight excluding hydrogens is 478 g/mol. The number of aromatic nitrogens is 3. The van der Waals surface area contributed by atoms with Crippen molar-refractivity contribution in [3.8, 4) is 17.2 Å². The lowest BCUT2D eigenvalue weighted by Gasteiger charge is -2.11. The molecule has 5 rings (SSSR count). The van der Waals surface area contributed by atoms with E-state index in [9.17, 15) is 18.4 Å². The Morgan fingerprint density at radius 2 is 1.74 bits per heavy atom. The van der Waals surface area contributed by atoms with Crippen LogP contribution in [0.2, 0.25) is 5.02 Å². The van der Waals surface area contributed by atoms with Crippen molar-refractivity contribution in [2.75, 3.05) is 5.32 Å². The molecule has 0 aliphatic heterocycles. The summed E-state index contributed by atoms with van der Waals surface area (Å²) in [7, 11) is 0. The molecule has 3 aromatic heterocycles. The minimum Gasteiger partial charge on any atom is -0.452 e. The zero-order valence-corrected chi connectivity index (χ0v) is 18.5. The van der Waals surface area contributed by atoms with Crippen LogP contribution in [0, 0.1) is 11.6 Å². The summed E-state index contributed by atoms with van der Waals surface area (Å²) in [5, 5.41) is 6.93. The highest BCUT2D eigenvalue weighted by molar-refractivity contribution is 6.34. The van der Waals surface area contributed by atoms with Crippen LogP contribution in [0.5, 0.6) is 11.5 Å². The summed E-state index contributed by atoms with van der Waals surface area (Å²) in [6.45, 7) is 0. The molecule has 10 heteroatoms. The molecule has 0 unspecified atom stereocenters. The first-order valence-corrected chi connectivity index (χ1v) is 10.7. The van der Waals surface area contributed by atoms with Crippen LogP contribution >= 0.6 is 11.6 Å². The second-order valence-electron chi connectivity index (χ2n) is 7.43. The van der Waals surface area contributed by atoms with Crippen molar-refractivity contribution in [1.29, 1.82) is 0 Å². The summed E-state index contributed by atoms with van der Waals surface area (Å²) >= 11 is 6.15. The van der Waals surface area contributed by atoms with Gasteiger partial charge in [0.15, 0.2) is 17.3 Å². The fourth-order valence-corrected chi connectivity index (χ4v) is 3.73. The van der Waals surface area contributed by atoms with Crippen molar-refractivity contribution < 1.29 is 18.3 Å². The largest absolute Gasteiger partial charge is 0.452 e. The van der Waals surface area contributed by atoms with Crippen molar-refractivity contribution >= 4 is 28.7 Å². The van der Waals surface area contributed by atoms with Gasteiger partial charge in [-0.15, -0.1) is 0 Å². The number of fused-ring (bicyclic) bond motifs is 1. The third-order valence-corrected chi connectivity index (χ3v) is 5.44. The quantitative estimate of drug-likeness (QED) is 0.353. The van der Waals surface area contributed by atoms with Gasteiger partial charge in [0.2, 0.25) is 0 Å². The highest BCUT2D eigenvalue weighted by atomic mass is 35.5. The van der Waals surface area contributed by atoms with Gasteiger partial charge in [-0.2, -0.15) is 5.10 Å². The van der Waals surface area contributed by atoms with Crippen LogP contribution in [0.15, 0.2) is 90.1 Å². The zero-order valence-electron chi connectivity index (χ0n) is 17.8. The van der Waals surface area contributed by atoms with Crippen molar-refractivity contribution in [3.63, 3.8) is 0 Å². The van der Waals surface area contributed by atoms with E-state index in [1.807, 2.05) is 0 Å². The second-order valence-corrected chi connectivity index (χ2v) is 7.84. The molecule has 0 aliphatic rings. The Balaban J connectivity index is 1.38. The molecule has 1 N–H and O–H groups in total. The van der Waals surface area contributed by atoms with E-state index >= 15 is 0 Å². The van der Waals surface area contributed by atoms with Crippen molar-refractivity contribution in [3.05, 3.63) is 118 Å². The molecule has 3 heterocycles. The maximum atomic E-state index is 14.8. The van der Waals surface area contributed by atoms with Gasteiger partial charge in [0.05, 0.1) is 11.2 Å². The Bertz CT molecular complexity index is 1630. The SMILES string of the molecule is O=C(Nc1ccc(Oc2cccn3ncc(Cl)c23)c(F)c1)c1cccn(-c2ccc(F)cc2)c1=O. The molecular formula is C25H15ClF2N4O3. The van der Waals surface area contributed by atoms with Crippen molar-refractivity contribution in [1.82, 2.24) is 14.2 Å². The Hall–Kier alpha value is -4.50. The van der Waals surface area contributed by atoms with Gasteiger partial charge in [0.1, 0.15) is 16.9 Å². The highest BCUT2D eigenvalue weighted by Crippen LogP contribution is 2.32. The molecule has 174 valence electrons. The van der Waals surface area contributed by atoms with E-state index in [0.29, 0.717) is 22.0 Å². The third-order valence-electron chi connectivity index (χ3n) is 5.17. The zero-order chi connectivity index (χ0) is 24.5. The van der Waals surface area contributed by atoms with E-state index in [1.165, 1.54) is 70.0 Å². The average Bonchev–Trinajstić information content (AvgIpc) is 3.23. The predicted molar refractivity (Wildman–Crippen MR) is 127 cm³/mol. The van der Waals surface area contributed by atoms with Crippen LogP contribution in [0.25, 0.3) is 11.2 Å². The van der Waals surface area contributed by atoms with Gasteiger partial charge in [0.25, 0.3) is 11.5 Å². The second kappa shape index (κ2) is 9.03. The number of carbonyl (C=O) groups is 1. The summed E-state index contributed by atoms with van der Waals surface area (Å²) < 4.78 is 36.4. The van der Waals surface area contributed by atoms with Crippen LogP contribution in [-0.4, -0.2) is 20.1 Å². The Morgan fingerprint density at radius 3 is 2.51 bits per heavy atom. The number of amides is 1. The molecule has 0 fully saturated rings. The van der Waals surface area contributed by atoms with Crippen LogP contribution < -0.4 is 15.6 Å². The lowest BCUT2D eigenvalue weighted by Crippen LogP contribution is -2.27. The summed E-state index contributed by atoms with van der Waals surface area (Å²) in [4.78, 5) is 25.6. The fourth-order valence-electron chi connectivity index (χ4n) is 3.51. The van der Waals surface area contributed by atoms with E-state index < -0.39 is 23.1 Å². The van der Waals surface area contributed by atoms with Crippen LogP contribution in [-0.2, 0) is 0 Å². The monoisotopic (exact) mass is 492 g/mol. The van der Waals surface area contributed by atoms with Crippen molar-refractivity contribution in [2.45, 2.75) is 0 Å². The van der Waals surface area contributed by atoms with Crippen LogP contribution in [0.4, 0.5) is 14.5 Å². The minimum absolute atomic E-state index is 0.0910. The van der Waals surface area contributed by atoms with E-state index in [-0.39, 0.29) is 17.0 Å². The maximum Gasteiger partial charge on any atom is 0.267 e. The number of benzene rings is 2. The topological polar surface area (TPSA) is 77.6 Å². The summed E-state index contributed by atoms with van der Waals surface area (Å²) in [5.74, 6) is -1.70. The number of nitrogens with one attached hydrogen (secondary N) is 1. The lowest BCUT2D eigenvalue weighted by molar-refractivity contribution is 0.102. The molecule has 35 heavy (non-hydrogen) atoms. The predicted octanol–water partition coefficient (Wildman–Crippen LogP) is 5.46. The van der Waals surface area contributed by atoms with E-state index in [1.54, 1.807) is 18.3 Å². The minimum atomic E-state index is -0.739. The molecule has 7 nitrogen and oxygen atoms in total. The normalized spacial score (nSPS) is 10.9. The smallest absolute Gasteiger partial charge is 0.267 e. The molecule has 0 atom stereocenters. The van der Waals surface area contributed by atoms with Gasteiger partial charge < -0.3 is 10.1 Å². The molecule has 0 saturated carbocycles. The highest BCUT2D eigenvalue weighted by Gasteiger charge is 2.16. The number of halogens is 3. The number of rotatable bonds is 5. The van der Waals surface area contributed by atoms with E-state index in [2.05, 4.69) is 10.4 Å². The Morgan fingerprint density at radius 1 is 0.971 bits per heavy atom. The Kier molecular flexibility index (Phi) is 5.76. The first kappa shape index (κ1) is 22.3. The maximum absolute atomic E-state index is 14.8. The first-order chi connectivity index (χ1) is 16.9. The van der Waals surface area contributed by atoms with E-state index in [0.717, 1.165) is 6.07 Å². The summed E-state index contributed by atoms with van der Waals surface area (Å²) in [6.07, 6.45) is 4.59. The van der Waals surface area contributed by atoms with Gasteiger partial charge in [-0.1, -0.05) is 11.6 Å². The van der Waals surface area contributed by atoms with Gasteiger partial charge in [0, 0.05) is 29.8 Å². The average molecular weight is 493 g/mol. The number of hydrogen-bond acceptors (Lipinski definition) is 4. The van der Waals surface area contributed by atoms with Gasteiger partial charge in [-0.05, 0) is 60.7 Å². The molecule has 0 spiro atoms. The lowest BCUT2D eigenvalue weighted by atomic mass is 10.2. The molecule has 0 bridgehead atoms. The molecule has 1 amide bonds. The summed E-state index contributed by atoms with van der Waals surface area (Å²) in [5.41, 5.74) is 0.221. The van der Waals surface area contributed by atoms with Gasteiger partial charge >= 0.3 is 0 Å². The third kappa shape index (κ3) is 4.36. The molecule has 2 aromatic carbocycles. The van der Waals surface area contributed by atoms with Crippen LogP contribution in [0.1, 0.15) is 10.4 Å². The molecule has 0 radical (unpaired) electrons. The fraction of sp³-hybridized carbons (Fsp3) is 0. The van der Waals surface area contributed by atoms with E-state index in [4.69, 9.17) is 16.3 Å². The van der Waals surface area contributed by atoms with Crippen LogP contribution in [0.3, 0.4) is 0 Å². The number of nitrogens with zero attached hydrogens (tertiary/aromatic N) is 3. The van der Waals surface area contributed by atoms with Gasteiger partial charge in [-0.25, -0.2) is 13.3 Å². The standard InChI is InChI=1S/C25H15ClF2N4O3/c26-19-14-29-32-12-2-4-22(23(19)32)35-21-10-7-16(13-20(21)28)30-24(33)18-3-1-11-31(25(18)34)17-8-5-15(27)6-9-17/h1-14H,(H,30,33). The number of hydrogen-bond donors (Lipinski definition) is 1. The molecule has 5 aromatic rings. The molecule has 0 aliphatic carbocycles.